The zero-order chi connectivity index (χ0) is 9.84. The molecule has 0 fully saturated rings. The minimum atomic E-state index is 0.0774. The van der Waals surface area contributed by atoms with E-state index < -0.39 is 0 Å². The highest BCUT2D eigenvalue weighted by molar-refractivity contribution is 5.96. The number of carbonyl (C=O) groups excluding carboxylic acids is 1. The van der Waals surface area contributed by atoms with Crippen LogP contribution in [-0.4, -0.2) is 10.8 Å². The molecule has 0 aliphatic heterocycles. The lowest BCUT2D eigenvalue weighted by molar-refractivity contribution is 0.0921. The Hall–Kier alpha value is -1.18. The second kappa shape index (κ2) is 4.17. The Morgan fingerprint density at radius 3 is 2.85 bits per heavy atom. The van der Waals surface area contributed by atoms with E-state index in [0.717, 1.165) is 12.0 Å². The molecule has 2 nitrogen and oxygen atoms in total. The Morgan fingerprint density at radius 2 is 2.31 bits per heavy atom. The molecule has 0 saturated heterocycles. The first-order chi connectivity index (χ1) is 6.16. The van der Waals surface area contributed by atoms with Crippen molar-refractivity contribution in [2.45, 2.75) is 27.2 Å². The van der Waals surface area contributed by atoms with E-state index in [0.29, 0.717) is 5.69 Å². The van der Waals surface area contributed by atoms with Gasteiger partial charge in [0.25, 0.3) is 0 Å². The Morgan fingerprint density at radius 1 is 1.62 bits per heavy atom. The summed E-state index contributed by atoms with van der Waals surface area (Å²) >= 11 is 0. The summed E-state index contributed by atoms with van der Waals surface area (Å²) in [6.07, 6.45) is 2.54. The lowest BCUT2D eigenvalue weighted by atomic mass is 9.98. The molecule has 1 unspecified atom stereocenters. The van der Waals surface area contributed by atoms with E-state index in [9.17, 15) is 4.79 Å². The molecule has 0 aliphatic rings. The quantitative estimate of drug-likeness (QED) is 0.664. The van der Waals surface area contributed by atoms with Crippen LogP contribution in [0.15, 0.2) is 18.3 Å². The van der Waals surface area contributed by atoms with Gasteiger partial charge in [0, 0.05) is 12.1 Å². The summed E-state index contributed by atoms with van der Waals surface area (Å²) in [6, 6.07) is 3.77. The number of Topliss-reactive ketones (excluding diaryl/α,β-unsaturated/α-hetero) is 1. The maximum Gasteiger partial charge on any atom is 0.184 e. The van der Waals surface area contributed by atoms with Crippen molar-refractivity contribution in [3.63, 3.8) is 0 Å². The fraction of sp³-hybridized carbons (Fsp3) is 0.455. The second-order valence-electron chi connectivity index (χ2n) is 3.34. The molecule has 13 heavy (non-hydrogen) atoms. The summed E-state index contributed by atoms with van der Waals surface area (Å²) < 4.78 is 0. The first-order valence-corrected chi connectivity index (χ1v) is 4.62. The van der Waals surface area contributed by atoms with Gasteiger partial charge in [-0.15, -0.1) is 0 Å². The summed E-state index contributed by atoms with van der Waals surface area (Å²) in [4.78, 5) is 15.8. The Labute approximate surface area is 79.0 Å². The number of ketones is 1. The van der Waals surface area contributed by atoms with Crippen molar-refractivity contribution in [3.8, 4) is 0 Å². The normalized spacial score (nSPS) is 12.5. The third-order valence-corrected chi connectivity index (χ3v) is 2.30. The van der Waals surface area contributed by atoms with E-state index in [4.69, 9.17) is 0 Å². The molecule has 1 aromatic heterocycles. The van der Waals surface area contributed by atoms with Crippen molar-refractivity contribution < 1.29 is 4.79 Å². The first-order valence-electron chi connectivity index (χ1n) is 4.62. The lowest BCUT2D eigenvalue weighted by Crippen LogP contribution is -2.13. The number of pyridine rings is 1. The zero-order valence-electron chi connectivity index (χ0n) is 8.37. The summed E-state index contributed by atoms with van der Waals surface area (Å²) in [5, 5.41) is 0. The summed E-state index contributed by atoms with van der Waals surface area (Å²) in [5.74, 6) is 0.231. The first kappa shape index (κ1) is 9.90. The number of rotatable bonds is 3. The third kappa shape index (κ3) is 2.14. The van der Waals surface area contributed by atoms with Crippen LogP contribution in [-0.2, 0) is 0 Å². The lowest BCUT2D eigenvalue weighted by Gasteiger charge is -2.07. The molecule has 0 aromatic carbocycles. The molecule has 0 bridgehead atoms. The van der Waals surface area contributed by atoms with Crippen molar-refractivity contribution in [1.82, 2.24) is 4.98 Å². The van der Waals surface area contributed by atoms with Crippen molar-refractivity contribution in [1.29, 1.82) is 0 Å². The van der Waals surface area contributed by atoms with Gasteiger partial charge in [0.1, 0.15) is 5.69 Å². The van der Waals surface area contributed by atoms with Gasteiger partial charge in [-0.1, -0.05) is 19.9 Å². The smallest absolute Gasteiger partial charge is 0.184 e. The van der Waals surface area contributed by atoms with Gasteiger partial charge in [0.05, 0.1) is 0 Å². The van der Waals surface area contributed by atoms with Crippen LogP contribution in [0.3, 0.4) is 0 Å². The highest BCUT2D eigenvalue weighted by atomic mass is 16.1. The van der Waals surface area contributed by atoms with E-state index in [1.54, 1.807) is 6.20 Å². The standard InChI is InChI=1S/C11H15NO/c1-4-8(2)11(13)10-9(3)6-5-7-12-10/h5-8H,4H2,1-3H3. The van der Waals surface area contributed by atoms with Crippen LogP contribution in [0, 0.1) is 12.8 Å². The average molecular weight is 177 g/mol. The van der Waals surface area contributed by atoms with Crippen molar-refractivity contribution in [2.24, 2.45) is 5.92 Å². The van der Waals surface area contributed by atoms with E-state index in [1.807, 2.05) is 32.9 Å². The minimum Gasteiger partial charge on any atom is -0.292 e. The number of carbonyl (C=O) groups is 1. The fourth-order valence-electron chi connectivity index (χ4n) is 1.16. The number of hydrogen-bond donors (Lipinski definition) is 0. The average Bonchev–Trinajstić information content (AvgIpc) is 2.16. The van der Waals surface area contributed by atoms with Crippen molar-refractivity contribution >= 4 is 5.78 Å². The number of nitrogens with zero attached hydrogens (tertiary/aromatic N) is 1. The third-order valence-electron chi connectivity index (χ3n) is 2.30. The highest BCUT2D eigenvalue weighted by Gasteiger charge is 2.15. The Kier molecular flexibility index (Phi) is 3.18. The van der Waals surface area contributed by atoms with Crippen LogP contribution in [0.5, 0.6) is 0 Å². The monoisotopic (exact) mass is 177 g/mol. The molecule has 2 heteroatoms. The van der Waals surface area contributed by atoms with Crippen molar-refractivity contribution in [3.05, 3.63) is 29.6 Å². The molecule has 0 spiro atoms. The zero-order valence-corrected chi connectivity index (χ0v) is 8.37. The SMILES string of the molecule is CCC(C)C(=O)c1ncccc1C. The Balaban J connectivity index is 2.95. The molecule has 0 saturated carbocycles. The molecule has 1 heterocycles. The van der Waals surface area contributed by atoms with Gasteiger partial charge >= 0.3 is 0 Å². The van der Waals surface area contributed by atoms with Gasteiger partial charge < -0.3 is 0 Å². The highest BCUT2D eigenvalue weighted by Crippen LogP contribution is 2.12. The predicted octanol–water partition coefficient (Wildman–Crippen LogP) is 2.62. The molecule has 0 aliphatic carbocycles. The molecule has 1 rings (SSSR count). The van der Waals surface area contributed by atoms with Crippen LogP contribution >= 0.6 is 0 Å². The van der Waals surface area contributed by atoms with Gasteiger partial charge in [0.15, 0.2) is 5.78 Å². The summed E-state index contributed by atoms with van der Waals surface area (Å²) in [5.41, 5.74) is 1.59. The van der Waals surface area contributed by atoms with Gasteiger partial charge in [-0.3, -0.25) is 9.78 Å². The fourth-order valence-corrected chi connectivity index (χ4v) is 1.16. The van der Waals surface area contributed by atoms with E-state index in [2.05, 4.69) is 4.98 Å². The topological polar surface area (TPSA) is 30.0 Å². The van der Waals surface area contributed by atoms with Crippen LogP contribution in [0.2, 0.25) is 0 Å². The van der Waals surface area contributed by atoms with Crippen LogP contribution in [0.4, 0.5) is 0 Å². The van der Waals surface area contributed by atoms with Crippen molar-refractivity contribution in [2.75, 3.05) is 0 Å². The van der Waals surface area contributed by atoms with Crippen LogP contribution in [0.1, 0.15) is 36.3 Å². The number of hydrogen-bond acceptors (Lipinski definition) is 2. The molecule has 0 amide bonds. The summed E-state index contributed by atoms with van der Waals surface area (Å²) in [7, 11) is 0. The summed E-state index contributed by atoms with van der Waals surface area (Å²) in [6.45, 7) is 5.87. The largest absolute Gasteiger partial charge is 0.292 e. The maximum atomic E-state index is 11.7. The van der Waals surface area contributed by atoms with Crippen LogP contribution in [0.25, 0.3) is 0 Å². The molecular formula is C11H15NO. The molecule has 1 atom stereocenters. The molecule has 0 N–H and O–H groups in total. The minimum absolute atomic E-state index is 0.0774. The number of aryl methyl sites for hydroxylation is 1. The van der Waals surface area contributed by atoms with Gasteiger partial charge in [-0.2, -0.15) is 0 Å². The second-order valence-corrected chi connectivity index (χ2v) is 3.34. The number of aromatic nitrogens is 1. The molecule has 70 valence electrons. The van der Waals surface area contributed by atoms with Gasteiger partial charge in [-0.25, -0.2) is 0 Å². The predicted molar refractivity (Wildman–Crippen MR) is 52.8 cm³/mol. The van der Waals surface area contributed by atoms with E-state index >= 15 is 0 Å². The maximum absolute atomic E-state index is 11.7. The Bertz CT molecular complexity index is 307. The van der Waals surface area contributed by atoms with Gasteiger partial charge in [0.2, 0.25) is 0 Å². The molecule has 0 radical (unpaired) electrons. The molecule has 1 aromatic rings. The molecular weight excluding hydrogens is 162 g/mol. The van der Waals surface area contributed by atoms with E-state index in [-0.39, 0.29) is 11.7 Å². The van der Waals surface area contributed by atoms with Crippen LogP contribution < -0.4 is 0 Å². The van der Waals surface area contributed by atoms with E-state index in [1.165, 1.54) is 0 Å². The van der Waals surface area contributed by atoms with Gasteiger partial charge in [-0.05, 0) is 25.0 Å².